The zero-order valence-corrected chi connectivity index (χ0v) is 11.2. The van der Waals surface area contributed by atoms with Crippen LogP contribution in [0.5, 0.6) is 0 Å². The van der Waals surface area contributed by atoms with Crippen molar-refractivity contribution in [3.05, 3.63) is 0 Å². The molecule has 0 radical (unpaired) electrons. The summed E-state index contributed by atoms with van der Waals surface area (Å²) in [5.41, 5.74) is 5.63. The molecule has 2 aliphatic rings. The second-order valence-corrected chi connectivity index (χ2v) is 5.82. The molecule has 2 fully saturated rings. The van der Waals surface area contributed by atoms with Crippen LogP contribution in [-0.4, -0.2) is 41.9 Å². The highest BCUT2D eigenvalue weighted by Gasteiger charge is 2.42. The fourth-order valence-electron chi connectivity index (χ4n) is 2.66. The van der Waals surface area contributed by atoms with E-state index in [2.05, 4.69) is 0 Å². The number of carbonyl (C=O) groups is 1. The summed E-state index contributed by atoms with van der Waals surface area (Å²) < 4.78 is 0. The summed E-state index contributed by atoms with van der Waals surface area (Å²) in [5, 5.41) is 0. The number of halogens is 1. The fraction of sp³-hybridized carbons (Fsp3) is 0.909. The van der Waals surface area contributed by atoms with Gasteiger partial charge in [-0.1, -0.05) is 12.8 Å². The number of carbonyl (C=O) groups excluding carboxylic acids is 1. The molecule has 16 heavy (non-hydrogen) atoms. The summed E-state index contributed by atoms with van der Waals surface area (Å²) in [6, 6.07) is 0. The highest BCUT2D eigenvalue weighted by Crippen LogP contribution is 2.39. The summed E-state index contributed by atoms with van der Waals surface area (Å²) in [4.78, 5) is 14.4. The van der Waals surface area contributed by atoms with E-state index in [1.165, 1.54) is 12.8 Å². The Kier molecular flexibility index (Phi) is 5.41. The van der Waals surface area contributed by atoms with Crippen molar-refractivity contribution in [1.82, 2.24) is 4.90 Å². The van der Waals surface area contributed by atoms with Crippen LogP contribution in [0, 0.1) is 5.41 Å². The third-order valence-corrected chi connectivity index (χ3v) is 4.65. The Morgan fingerprint density at radius 2 is 1.81 bits per heavy atom. The van der Waals surface area contributed by atoms with Crippen LogP contribution >= 0.6 is 24.2 Å². The number of hydrogen-bond donors (Lipinski definition) is 1. The van der Waals surface area contributed by atoms with Gasteiger partial charge in [0, 0.05) is 31.1 Å². The lowest BCUT2D eigenvalue weighted by atomic mass is 9.84. The second kappa shape index (κ2) is 6.12. The van der Waals surface area contributed by atoms with E-state index in [-0.39, 0.29) is 17.8 Å². The molecular formula is C11H21ClN2OS. The Labute approximate surface area is 108 Å². The molecule has 1 saturated heterocycles. The van der Waals surface area contributed by atoms with E-state index in [0.29, 0.717) is 12.5 Å². The molecule has 0 aromatic rings. The minimum absolute atomic E-state index is 0. The highest BCUT2D eigenvalue weighted by atomic mass is 35.5. The van der Waals surface area contributed by atoms with Crippen LogP contribution < -0.4 is 5.73 Å². The topological polar surface area (TPSA) is 46.3 Å². The quantitative estimate of drug-likeness (QED) is 0.822. The van der Waals surface area contributed by atoms with Crippen LogP contribution in [0.1, 0.15) is 25.7 Å². The standard InChI is InChI=1S/C11H20N2OS.ClH/c12-9-11(3-1-2-4-11)10(14)13-5-7-15-8-6-13;/h1-9,12H2;1H. The Bertz CT molecular complexity index is 238. The van der Waals surface area contributed by atoms with Gasteiger partial charge in [0.15, 0.2) is 0 Å². The van der Waals surface area contributed by atoms with Crippen molar-refractivity contribution in [2.45, 2.75) is 25.7 Å². The van der Waals surface area contributed by atoms with E-state index in [4.69, 9.17) is 5.73 Å². The van der Waals surface area contributed by atoms with Gasteiger partial charge in [-0.15, -0.1) is 12.4 Å². The van der Waals surface area contributed by atoms with Gasteiger partial charge in [0.2, 0.25) is 5.91 Å². The van der Waals surface area contributed by atoms with Crippen molar-refractivity contribution in [3.8, 4) is 0 Å². The summed E-state index contributed by atoms with van der Waals surface area (Å²) in [7, 11) is 0. The third kappa shape index (κ3) is 2.66. The van der Waals surface area contributed by atoms with Gasteiger partial charge in [-0.2, -0.15) is 11.8 Å². The average Bonchev–Trinajstić information content (AvgIpc) is 2.79. The highest BCUT2D eigenvalue weighted by molar-refractivity contribution is 7.99. The van der Waals surface area contributed by atoms with Crippen molar-refractivity contribution in [1.29, 1.82) is 0 Å². The van der Waals surface area contributed by atoms with Crippen LogP contribution in [0.25, 0.3) is 0 Å². The molecule has 1 heterocycles. The fourth-order valence-corrected chi connectivity index (χ4v) is 3.56. The van der Waals surface area contributed by atoms with Gasteiger partial charge in [0.25, 0.3) is 0 Å². The number of nitrogens with zero attached hydrogens (tertiary/aromatic N) is 1. The van der Waals surface area contributed by atoms with Crippen molar-refractivity contribution in [2.24, 2.45) is 11.1 Å². The Balaban J connectivity index is 0.00000128. The van der Waals surface area contributed by atoms with Gasteiger partial charge in [-0.05, 0) is 12.8 Å². The first-order chi connectivity index (χ1) is 7.28. The van der Waals surface area contributed by atoms with Gasteiger partial charge < -0.3 is 10.6 Å². The number of rotatable bonds is 2. The molecule has 1 amide bonds. The maximum Gasteiger partial charge on any atom is 0.230 e. The van der Waals surface area contributed by atoms with Gasteiger partial charge in [0.1, 0.15) is 0 Å². The van der Waals surface area contributed by atoms with Crippen LogP contribution in [0.15, 0.2) is 0 Å². The van der Waals surface area contributed by atoms with Gasteiger partial charge in [-0.3, -0.25) is 4.79 Å². The molecule has 2 rings (SSSR count). The summed E-state index contributed by atoms with van der Waals surface area (Å²) in [6.07, 6.45) is 4.36. The minimum Gasteiger partial charge on any atom is -0.341 e. The lowest BCUT2D eigenvalue weighted by Gasteiger charge is -2.35. The van der Waals surface area contributed by atoms with Gasteiger partial charge in [0.05, 0.1) is 5.41 Å². The lowest BCUT2D eigenvalue weighted by Crippen LogP contribution is -2.49. The Morgan fingerprint density at radius 1 is 1.25 bits per heavy atom. The monoisotopic (exact) mass is 264 g/mol. The Hall–Kier alpha value is 0.0700. The number of nitrogens with two attached hydrogens (primary N) is 1. The Morgan fingerprint density at radius 3 is 2.31 bits per heavy atom. The minimum atomic E-state index is -0.192. The van der Waals surface area contributed by atoms with Crippen molar-refractivity contribution in [3.63, 3.8) is 0 Å². The van der Waals surface area contributed by atoms with Crippen molar-refractivity contribution in [2.75, 3.05) is 31.1 Å². The van der Waals surface area contributed by atoms with Crippen LogP contribution in [-0.2, 0) is 4.79 Å². The molecule has 0 spiro atoms. The van der Waals surface area contributed by atoms with Crippen LogP contribution in [0.2, 0.25) is 0 Å². The molecule has 0 unspecified atom stereocenters. The van der Waals surface area contributed by atoms with E-state index >= 15 is 0 Å². The molecule has 0 aromatic heterocycles. The third-order valence-electron chi connectivity index (χ3n) is 3.70. The lowest BCUT2D eigenvalue weighted by molar-refractivity contribution is -0.141. The van der Waals surface area contributed by atoms with E-state index in [1.807, 2.05) is 16.7 Å². The maximum atomic E-state index is 12.4. The predicted octanol–water partition coefficient (Wildman–Crippen LogP) is 1.50. The smallest absolute Gasteiger partial charge is 0.230 e. The maximum absolute atomic E-state index is 12.4. The molecule has 2 N–H and O–H groups in total. The van der Waals surface area contributed by atoms with Crippen LogP contribution in [0.4, 0.5) is 0 Å². The van der Waals surface area contributed by atoms with E-state index in [0.717, 1.165) is 37.4 Å². The average molecular weight is 265 g/mol. The zero-order chi connectivity index (χ0) is 10.7. The van der Waals surface area contributed by atoms with Crippen molar-refractivity contribution < 1.29 is 4.79 Å². The normalized spacial score (nSPS) is 23.9. The van der Waals surface area contributed by atoms with E-state index in [1.54, 1.807) is 0 Å². The molecule has 1 aliphatic carbocycles. The molecule has 0 aromatic carbocycles. The number of hydrogen-bond acceptors (Lipinski definition) is 3. The molecule has 94 valence electrons. The largest absolute Gasteiger partial charge is 0.341 e. The first-order valence-electron chi connectivity index (χ1n) is 5.86. The van der Waals surface area contributed by atoms with Gasteiger partial charge >= 0.3 is 0 Å². The second-order valence-electron chi connectivity index (χ2n) is 4.60. The molecule has 1 aliphatic heterocycles. The van der Waals surface area contributed by atoms with Crippen LogP contribution in [0.3, 0.4) is 0 Å². The SMILES string of the molecule is Cl.NCC1(C(=O)N2CCSCC2)CCCC1. The van der Waals surface area contributed by atoms with Gasteiger partial charge in [-0.25, -0.2) is 0 Å². The first kappa shape index (κ1) is 14.1. The summed E-state index contributed by atoms with van der Waals surface area (Å²) in [5.74, 6) is 2.52. The number of amides is 1. The molecule has 5 heteroatoms. The number of thioether (sulfide) groups is 1. The predicted molar refractivity (Wildman–Crippen MR) is 71.1 cm³/mol. The first-order valence-corrected chi connectivity index (χ1v) is 7.01. The molecule has 3 nitrogen and oxygen atoms in total. The molecule has 0 atom stereocenters. The zero-order valence-electron chi connectivity index (χ0n) is 9.61. The summed E-state index contributed by atoms with van der Waals surface area (Å²) in [6.45, 7) is 2.38. The molecule has 1 saturated carbocycles. The van der Waals surface area contributed by atoms with E-state index < -0.39 is 0 Å². The van der Waals surface area contributed by atoms with Crippen molar-refractivity contribution >= 4 is 30.1 Å². The summed E-state index contributed by atoms with van der Waals surface area (Å²) >= 11 is 1.94. The molecule has 0 bridgehead atoms. The molecular weight excluding hydrogens is 244 g/mol. The van der Waals surface area contributed by atoms with E-state index in [9.17, 15) is 4.79 Å².